The molecule has 2 aliphatic carbocycles. The summed E-state index contributed by atoms with van der Waals surface area (Å²) in [6.07, 6.45) is 13.1. The van der Waals surface area contributed by atoms with Gasteiger partial charge in [0.2, 0.25) is 0 Å². The quantitative estimate of drug-likeness (QED) is 0.600. The molecule has 3 rings (SSSR count). The molecular formula is C19H29O3PS. The van der Waals surface area contributed by atoms with Gasteiger partial charge in [0.1, 0.15) is 0 Å². The Kier molecular flexibility index (Phi) is 6.00. The molecule has 0 unspecified atom stereocenters. The molecular weight excluding hydrogens is 339 g/mol. The Hall–Kier alpha value is -0.440. The minimum atomic E-state index is -4.13. The Balaban J connectivity index is 2.00. The van der Waals surface area contributed by atoms with E-state index in [1.807, 2.05) is 6.07 Å². The fourth-order valence-corrected chi connectivity index (χ4v) is 9.03. The monoisotopic (exact) mass is 368 g/mol. The van der Waals surface area contributed by atoms with Crippen LogP contribution in [0.2, 0.25) is 0 Å². The minimum Gasteiger partial charge on any atom is -0.282 e. The Labute approximate surface area is 147 Å². The summed E-state index contributed by atoms with van der Waals surface area (Å²) in [6.45, 7) is 2.10. The van der Waals surface area contributed by atoms with Gasteiger partial charge in [-0.3, -0.25) is 4.55 Å². The lowest BCUT2D eigenvalue weighted by atomic mass is 9.99. The van der Waals surface area contributed by atoms with Crippen molar-refractivity contribution >= 4 is 23.3 Å². The van der Waals surface area contributed by atoms with Crippen LogP contribution in [-0.2, 0) is 10.1 Å². The van der Waals surface area contributed by atoms with Crippen LogP contribution in [0.4, 0.5) is 0 Å². The van der Waals surface area contributed by atoms with Crippen molar-refractivity contribution in [2.24, 2.45) is 0 Å². The molecule has 0 spiro atoms. The molecule has 1 aromatic carbocycles. The van der Waals surface area contributed by atoms with Crippen LogP contribution in [0.1, 0.15) is 69.8 Å². The van der Waals surface area contributed by atoms with E-state index >= 15 is 0 Å². The van der Waals surface area contributed by atoms with Crippen LogP contribution in [0, 0.1) is 6.92 Å². The number of hydrogen-bond donors (Lipinski definition) is 1. The highest BCUT2D eigenvalue weighted by Crippen LogP contribution is 2.55. The van der Waals surface area contributed by atoms with Gasteiger partial charge >= 0.3 is 0 Å². The van der Waals surface area contributed by atoms with Gasteiger partial charge in [-0.15, -0.1) is 0 Å². The maximum absolute atomic E-state index is 11.6. The van der Waals surface area contributed by atoms with Crippen molar-refractivity contribution in [3.63, 3.8) is 0 Å². The first-order chi connectivity index (χ1) is 11.5. The van der Waals surface area contributed by atoms with Crippen LogP contribution in [-0.4, -0.2) is 24.3 Å². The van der Waals surface area contributed by atoms with E-state index in [-0.39, 0.29) is 12.8 Å². The molecule has 24 heavy (non-hydrogen) atoms. The van der Waals surface area contributed by atoms with E-state index in [9.17, 15) is 13.0 Å². The predicted molar refractivity (Wildman–Crippen MR) is 101 cm³/mol. The van der Waals surface area contributed by atoms with E-state index < -0.39 is 10.1 Å². The highest BCUT2D eigenvalue weighted by molar-refractivity contribution is 7.85. The largest absolute Gasteiger partial charge is 0.294 e. The summed E-state index contributed by atoms with van der Waals surface area (Å²) in [5, 5.41) is 1.24. The average Bonchev–Trinajstić information content (AvgIpc) is 2.58. The smallest absolute Gasteiger partial charge is 0.282 e. The van der Waals surface area contributed by atoms with E-state index in [1.54, 1.807) is 12.1 Å². The lowest BCUT2D eigenvalue weighted by Crippen LogP contribution is -2.27. The summed E-state index contributed by atoms with van der Waals surface area (Å²) in [4.78, 5) is 0.0715. The van der Waals surface area contributed by atoms with Gasteiger partial charge < -0.3 is 0 Å². The number of hydrogen-bond acceptors (Lipinski definition) is 2. The minimum absolute atomic E-state index is 0.0715. The van der Waals surface area contributed by atoms with E-state index in [2.05, 4.69) is 6.92 Å². The Morgan fingerprint density at radius 2 is 1.42 bits per heavy atom. The zero-order chi connectivity index (χ0) is 17.2. The van der Waals surface area contributed by atoms with Crippen molar-refractivity contribution in [3.05, 3.63) is 23.8 Å². The van der Waals surface area contributed by atoms with Crippen molar-refractivity contribution in [2.75, 3.05) is 0 Å². The van der Waals surface area contributed by atoms with Gasteiger partial charge in [0.25, 0.3) is 10.1 Å². The fourth-order valence-electron chi connectivity index (χ4n) is 4.44. The van der Waals surface area contributed by atoms with Crippen molar-refractivity contribution < 1.29 is 13.0 Å². The van der Waals surface area contributed by atoms with Crippen LogP contribution >= 0.6 is 7.92 Å². The van der Waals surface area contributed by atoms with Gasteiger partial charge in [-0.05, 0) is 66.9 Å². The van der Waals surface area contributed by atoms with Gasteiger partial charge in [0.05, 0.1) is 4.90 Å². The predicted octanol–water partition coefficient (Wildman–Crippen LogP) is 5.01. The first-order valence-electron chi connectivity index (χ1n) is 9.33. The van der Waals surface area contributed by atoms with Gasteiger partial charge in [0.15, 0.2) is 0 Å². The highest BCUT2D eigenvalue weighted by Gasteiger charge is 2.33. The molecule has 134 valence electrons. The van der Waals surface area contributed by atoms with Crippen LogP contribution in [0.5, 0.6) is 0 Å². The Bertz CT molecular complexity index is 641. The molecule has 0 saturated heterocycles. The lowest BCUT2D eigenvalue weighted by molar-refractivity contribution is 0.483. The van der Waals surface area contributed by atoms with Crippen molar-refractivity contribution in [3.8, 4) is 0 Å². The van der Waals surface area contributed by atoms with Crippen molar-refractivity contribution in [2.45, 2.75) is 87.3 Å². The second-order valence-corrected chi connectivity index (χ2v) is 11.6. The summed E-state index contributed by atoms with van der Waals surface area (Å²) in [5.41, 5.74) is 2.66. The van der Waals surface area contributed by atoms with Crippen LogP contribution in [0.3, 0.4) is 0 Å². The third-order valence-electron chi connectivity index (χ3n) is 5.69. The molecule has 2 saturated carbocycles. The molecule has 0 atom stereocenters. The van der Waals surface area contributed by atoms with Crippen molar-refractivity contribution in [1.82, 2.24) is 0 Å². The Morgan fingerprint density at radius 3 is 1.88 bits per heavy atom. The second-order valence-electron chi connectivity index (χ2n) is 7.41. The number of aryl methyl sites for hydroxylation is 1. The third-order valence-corrected chi connectivity index (χ3v) is 10.2. The van der Waals surface area contributed by atoms with Gasteiger partial charge in [-0.1, -0.05) is 52.5 Å². The molecule has 1 aromatic rings. The maximum Gasteiger partial charge on any atom is 0.294 e. The summed E-state index contributed by atoms with van der Waals surface area (Å²) in [6, 6.07) is 5.22. The molecule has 0 radical (unpaired) electrons. The normalized spacial score (nSPS) is 21.3. The van der Waals surface area contributed by atoms with Gasteiger partial charge in [0, 0.05) is 0 Å². The molecule has 1 N–H and O–H groups in total. The standard InChI is InChI=1S/C19H29O3PS/c1-15-12-13-18(24(20,21)22)14-19(15)23(16-8-4-2-5-9-16)17-10-6-3-7-11-17/h12-14,16-17H,2-11H2,1H3,(H,20,21,22). The molecule has 2 fully saturated rings. The molecule has 0 amide bonds. The van der Waals surface area contributed by atoms with E-state index in [1.165, 1.54) is 75.1 Å². The van der Waals surface area contributed by atoms with Gasteiger partial charge in [-0.25, -0.2) is 0 Å². The molecule has 3 nitrogen and oxygen atoms in total. The van der Waals surface area contributed by atoms with Crippen LogP contribution in [0.25, 0.3) is 0 Å². The van der Waals surface area contributed by atoms with Gasteiger partial charge in [-0.2, -0.15) is 8.42 Å². The Morgan fingerprint density at radius 1 is 0.917 bits per heavy atom. The highest BCUT2D eigenvalue weighted by atomic mass is 32.2. The first-order valence-corrected chi connectivity index (χ1v) is 12.3. The van der Waals surface area contributed by atoms with E-state index in [4.69, 9.17) is 0 Å². The number of benzene rings is 1. The number of rotatable bonds is 4. The lowest BCUT2D eigenvalue weighted by Gasteiger charge is -2.39. The first kappa shape index (κ1) is 18.4. The topological polar surface area (TPSA) is 54.4 Å². The summed E-state index contributed by atoms with van der Waals surface area (Å²) < 4.78 is 32.8. The fraction of sp³-hybridized carbons (Fsp3) is 0.684. The molecule has 2 aliphatic rings. The van der Waals surface area contributed by atoms with Crippen LogP contribution < -0.4 is 5.30 Å². The maximum atomic E-state index is 11.6. The molecule has 0 heterocycles. The average molecular weight is 368 g/mol. The molecule has 0 bridgehead atoms. The summed E-state index contributed by atoms with van der Waals surface area (Å²) in [5.74, 6) is 0. The van der Waals surface area contributed by atoms with Crippen LogP contribution in [0.15, 0.2) is 23.1 Å². The molecule has 0 aromatic heterocycles. The SMILES string of the molecule is Cc1ccc(S(=O)(=O)O)cc1P(C1CCCCC1)C1CCCCC1. The zero-order valence-corrected chi connectivity index (χ0v) is 16.3. The second kappa shape index (κ2) is 7.85. The van der Waals surface area contributed by atoms with E-state index in [0.717, 1.165) is 11.3 Å². The third kappa shape index (κ3) is 4.20. The van der Waals surface area contributed by atoms with E-state index in [0.29, 0.717) is 0 Å². The zero-order valence-electron chi connectivity index (χ0n) is 14.6. The molecule has 0 aliphatic heterocycles. The summed E-state index contributed by atoms with van der Waals surface area (Å²) in [7, 11) is -4.48. The summed E-state index contributed by atoms with van der Waals surface area (Å²) >= 11 is 0. The molecule has 5 heteroatoms. The van der Waals surface area contributed by atoms with Crippen molar-refractivity contribution in [1.29, 1.82) is 0 Å².